The molecule has 138 valence electrons. The van der Waals surface area contributed by atoms with Crippen LogP contribution in [0.25, 0.3) is 11.2 Å². The smallest absolute Gasteiger partial charge is 0.280 e. The molecule has 1 fully saturated rings. The molecule has 0 aromatic carbocycles. The van der Waals surface area contributed by atoms with Crippen LogP contribution >= 0.6 is 0 Å². The number of nitrogens with two attached hydrogens (primary N) is 1. The van der Waals surface area contributed by atoms with Crippen LogP contribution in [-0.4, -0.2) is 75.0 Å². The summed E-state index contributed by atoms with van der Waals surface area (Å²) in [5, 5.41) is 20.4. The molecule has 0 aliphatic carbocycles. The number of methoxy groups -OCH3 is 1. The lowest BCUT2D eigenvalue weighted by Gasteiger charge is -2.16. The maximum absolute atomic E-state index is 11.8. The van der Waals surface area contributed by atoms with E-state index in [1.54, 1.807) is 0 Å². The zero-order valence-corrected chi connectivity index (χ0v) is 13.4. The van der Waals surface area contributed by atoms with Gasteiger partial charge in [0.05, 0.1) is 12.9 Å². The lowest BCUT2D eigenvalue weighted by molar-refractivity contribution is -0.313. The molecule has 0 saturated carbocycles. The second-order valence-electron chi connectivity index (χ2n) is 5.42. The summed E-state index contributed by atoms with van der Waals surface area (Å²) in [6, 6.07) is 0. The van der Waals surface area contributed by atoms with Gasteiger partial charge in [-0.3, -0.25) is 14.3 Å². The van der Waals surface area contributed by atoms with E-state index in [1.807, 2.05) is 0 Å². The van der Waals surface area contributed by atoms with E-state index in [1.165, 1.54) is 18.0 Å². The Hall–Kier alpha value is -2.09. The van der Waals surface area contributed by atoms with Gasteiger partial charge in [0.2, 0.25) is 5.95 Å². The van der Waals surface area contributed by atoms with Crippen molar-refractivity contribution in [3.63, 3.8) is 0 Å². The molecule has 25 heavy (non-hydrogen) atoms. The first-order valence-corrected chi connectivity index (χ1v) is 7.50. The predicted molar refractivity (Wildman–Crippen MR) is 82.3 cm³/mol. The predicted octanol–water partition coefficient (Wildman–Crippen LogP) is -2.08. The highest BCUT2D eigenvalue weighted by atomic mass is 17.2. The van der Waals surface area contributed by atoms with Gasteiger partial charge in [0.25, 0.3) is 5.56 Å². The minimum absolute atomic E-state index is 0.0436. The quantitative estimate of drug-likeness (QED) is 0.245. The van der Waals surface area contributed by atoms with Crippen molar-refractivity contribution in [1.29, 1.82) is 0 Å². The Morgan fingerprint density at radius 3 is 2.92 bits per heavy atom. The minimum atomic E-state index is -1.28. The highest BCUT2D eigenvalue weighted by Crippen LogP contribution is 2.31. The van der Waals surface area contributed by atoms with Crippen molar-refractivity contribution in [2.45, 2.75) is 24.5 Å². The summed E-state index contributed by atoms with van der Waals surface area (Å²) >= 11 is 0. The average Bonchev–Trinajstić information content (AvgIpc) is 3.11. The van der Waals surface area contributed by atoms with Crippen LogP contribution in [0.4, 0.5) is 5.95 Å². The molecule has 0 radical (unpaired) electrons. The monoisotopic (exact) mass is 357 g/mol. The molecule has 0 spiro atoms. The Kier molecular flexibility index (Phi) is 5.27. The fourth-order valence-corrected chi connectivity index (χ4v) is 2.52. The second-order valence-corrected chi connectivity index (χ2v) is 5.42. The number of H-pyrrole nitrogens is 1. The number of hydrogen-bond acceptors (Lipinski definition) is 10. The molecule has 0 unspecified atom stereocenters. The van der Waals surface area contributed by atoms with Crippen LogP contribution in [0.3, 0.4) is 0 Å². The van der Waals surface area contributed by atoms with Gasteiger partial charge in [0.1, 0.15) is 31.5 Å². The van der Waals surface area contributed by atoms with Crippen molar-refractivity contribution < 1.29 is 29.5 Å². The van der Waals surface area contributed by atoms with Gasteiger partial charge in [-0.05, 0) is 0 Å². The molecule has 1 aliphatic heterocycles. The normalized spacial score (nSPS) is 26.5. The summed E-state index contributed by atoms with van der Waals surface area (Å²) in [7, 11) is 1.52. The van der Waals surface area contributed by atoms with Crippen LogP contribution in [0.1, 0.15) is 6.23 Å². The molecule has 12 heteroatoms. The summed E-state index contributed by atoms with van der Waals surface area (Å²) in [4.78, 5) is 31.9. The van der Waals surface area contributed by atoms with Crippen molar-refractivity contribution in [2.75, 3.05) is 32.7 Å². The van der Waals surface area contributed by atoms with Gasteiger partial charge in [-0.15, -0.1) is 0 Å². The molecule has 0 amide bonds. The molecule has 12 nitrogen and oxygen atoms in total. The Labute approximate surface area is 141 Å². The van der Waals surface area contributed by atoms with Crippen LogP contribution in [0.15, 0.2) is 11.1 Å². The topological polar surface area (TPSA) is 167 Å². The Bertz CT molecular complexity index is 778. The molecule has 1 saturated heterocycles. The zero-order valence-electron chi connectivity index (χ0n) is 13.4. The molecule has 3 rings (SSSR count). The summed E-state index contributed by atoms with van der Waals surface area (Å²) in [6.07, 6.45) is -3.09. The van der Waals surface area contributed by atoms with E-state index in [-0.39, 0.29) is 30.3 Å². The number of aromatic amines is 1. The van der Waals surface area contributed by atoms with Crippen molar-refractivity contribution >= 4 is 17.1 Å². The summed E-state index contributed by atoms with van der Waals surface area (Å²) in [5.74, 6) is -0.0984. The van der Waals surface area contributed by atoms with Gasteiger partial charge in [-0.2, -0.15) is 4.98 Å². The zero-order chi connectivity index (χ0) is 18.0. The fourth-order valence-electron chi connectivity index (χ4n) is 2.52. The largest absolute Gasteiger partial charge is 0.387 e. The van der Waals surface area contributed by atoms with Crippen LogP contribution in [-0.2, 0) is 19.2 Å². The van der Waals surface area contributed by atoms with Crippen molar-refractivity contribution in [1.82, 2.24) is 19.5 Å². The number of fused-ring (bicyclic) bond motifs is 1. The Morgan fingerprint density at radius 1 is 1.36 bits per heavy atom. The summed E-state index contributed by atoms with van der Waals surface area (Å²) in [5.41, 5.74) is 5.20. The van der Waals surface area contributed by atoms with Crippen molar-refractivity contribution in [3.05, 3.63) is 16.7 Å². The molecule has 2 aromatic rings. The Balaban J connectivity index is 1.74. The Morgan fingerprint density at radius 2 is 2.16 bits per heavy atom. The number of aliphatic hydroxyl groups excluding tert-OH is 2. The number of nitrogen functional groups attached to an aromatic ring is 1. The van der Waals surface area contributed by atoms with Crippen LogP contribution in [0.5, 0.6) is 0 Å². The maximum atomic E-state index is 11.8. The number of imidazole rings is 1. The highest BCUT2D eigenvalue weighted by molar-refractivity contribution is 5.70. The lowest BCUT2D eigenvalue weighted by Crippen LogP contribution is -2.34. The number of aliphatic hydroxyl groups is 2. The molecular formula is C13H19N5O7. The highest BCUT2D eigenvalue weighted by Gasteiger charge is 2.44. The first-order valence-electron chi connectivity index (χ1n) is 7.50. The third-order valence-corrected chi connectivity index (χ3v) is 3.75. The van der Waals surface area contributed by atoms with Crippen LogP contribution < -0.4 is 11.3 Å². The number of hydrogen-bond donors (Lipinski definition) is 4. The third kappa shape index (κ3) is 3.49. The number of rotatable bonds is 7. The summed E-state index contributed by atoms with van der Waals surface area (Å²) in [6.45, 7) is 0.451. The molecular weight excluding hydrogens is 338 g/mol. The number of anilines is 1. The number of ether oxygens (including phenoxy) is 2. The molecule has 5 N–H and O–H groups in total. The van der Waals surface area contributed by atoms with Gasteiger partial charge in [0.15, 0.2) is 17.4 Å². The van der Waals surface area contributed by atoms with E-state index in [0.29, 0.717) is 6.61 Å². The SMILES string of the molecule is COCCOOC[C@H]1O[C@@H](n2cnc3c(=O)[nH]c(N)nc32)[C@H](O)[C@@H]1O. The maximum Gasteiger partial charge on any atom is 0.280 e. The van der Waals surface area contributed by atoms with E-state index in [0.717, 1.165) is 0 Å². The van der Waals surface area contributed by atoms with Gasteiger partial charge < -0.3 is 25.4 Å². The third-order valence-electron chi connectivity index (χ3n) is 3.75. The van der Waals surface area contributed by atoms with Gasteiger partial charge in [0, 0.05) is 7.11 Å². The van der Waals surface area contributed by atoms with Gasteiger partial charge in [-0.25, -0.2) is 14.8 Å². The van der Waals surface area contributed by atoms with Crippen LogP contribution in [0, 0.1) is 0 Å². The lowest BCUT2D eigenvalue weighted by atomic mass is 10.1. The van der Waals surface area contributed by atoms with E-state index >= 15 is 0 Å². The van der Waals surface area contributed by atoms with E-state index < -0.39 is 30.1 Å². The number of nitrogens with one attached hydrogen (secondary N) is 1. The average molecular weight is 357 g/mol. The number of aromatic nitrogens is 4. The first kappa shape index (κ1) is 17.7. The molecule has 0 bridgehead atoms. The standard InChI is InChI=1S/C13H19N5O7/c1-22-2-3-23-24-4-6-8(19)9(20)12(25-6)18-5-15-7-10(18)16-13(14)17-11(7)21/h5-6,8-9,12,19-20H,2-4H2,1H3,(H3,14,16,17,21)/t6-,8-,9-,12-/m1/s1. The first-order chi connectivity index (χ1) is 12.0. The molecule has 4 atom stereocenters. The molecule has 3 heterocycles. The van der Waals surface area contributed by atoms with E-state index in [2.05, 4.69) is 15.0 Å². The molecule has 1 aliphatic rings. The summed E-state index contributed by atoms with van der Waals surface area (Å²) < 4.78 is 11.7. The van der Waals surface area contributed by atoms with Crippen molar-refractivity contribution in [2.24, 2.45) is 0 Å². The number of nitrogens with zero attached hydrogens (tertiary/aromatic N) is 3. The van der Waals surface area contributed by atoms with E-state index in [9.17, 15) is 15.0 Å². The van der Waals surface area contributed by atoms with Crippen molar-refractivity contribution in [3.8, 4) is 0 Å². The minimum Gasteiger partial charge on any atom is -0.387 e. The van der Waals surface area contributed by atoms with E-state index in [4.69, 9.17) is 25.0 Å². The van der Waals surface area contributed by atoms with Crippen LogP contribution in [0.2, 0.25) is 0 Å². The molecule has 2 aromatic heterocycles. The fraction of sp³-hybridized carbons (Fsp3) is 0.615. The van der Waals surface area contributed by atoms with Gasteiger partial charge in [-0.1, -0.05) is 0 Å². The van der Waals surface area contributed by atoms with Gasteiger partial charge >= 0.3 is 0 Å². The second kappa shape index (κ2) is 7.43.